The average molecular weight is 340 g/mol. The van der Waals surface area contributed by atoms with Gasteiger partial charge in [-0.15, -0.1) is 0 Å². The number of carbonyl (C=O) groups is 1. The first-order chi connectivity index (χ1) is 12.1. The molecule has 0 bridgehead atoms. The maximum Gasteiger partial charge on any atom is 0.222 e. The van der Waals surface area contributed by atoms with E-state index >= 15 is 0 Å². The molecule has 0 saturated carbocycles. The predicted octanol–water partition coefficient (Wildman–Crippen LogP) is 2.67. The zero-order valence-electron chi connectivity index (χ0n) is 15.2. The Kier molecular flexibility index (Phi) is 5.87. The van der Waals surface area contributed by atoms with Crippen LogP contribution in [0.25, 0.3) is 0 Å². The van der Waals surface area contributed by atoms with Gasteiger partial charge in [-0.05, 0) is 38.3 Å². The lowest BCUT2D eigenvalue weighted by Crippen LogP contribution is -2.44. The van der Waals surface area contributed by atoms with Crippen LogP contribution in [-0.2, 0) is 17.9 Å². The van der Waals surface area contributed by atoms with Crippen LogP contribution in [-0.4, -0.2) is 39.7 Å². The molecule has 1 aliphatic rings. The Bertz CT molecular complexity index is 687. The van der Waals surface area contributed by atoms with E-state index in [4.69, 9.17) is 0 Å². The quantitative estimate of drug-likeness (QED) is 0.879. The zero-order chi connectivity index (χ0) is 17.6. The molecule has 0 spiro atoms. The smallest absolute Gasteiger partial charge is 0.222 e. The molecule has 1 fully saturated rings. The van der Waals surface area contributed by atoms with Crippen molar-refractivity contribution in [1.29, 1.82) is 0 Å². The van der Waals surface area contributed by atoms with Crippen LogP contribution in [0.1, 0.15) is 36.2 Å². The fourth-order valence-corrected chi connectivity index (χ4v) is 3.49. The molecular formula is C20H28N4O. The van der Waals surface area contributed by atoms with Crippen molar-refractivity contribution < 1.29 is 4.79 Å². The summed E-state index contributed by atoms with van der Waals surface area (Å²) in [5.41, 5.74) is 3.47. The summed E-state index contributed by atoms with van der Waals surface area (Å²) >= 11 is 0. The molecule has 0 atom stereocenters. The third-order valence-electron chi connectivity index (χ3n) is 4.86. The summed E-state index contributed by atoms with van der Waals surface area (Å²) in [5, 5.41) is 7.60. The van der Waals surface area contributed by atoms with Gasteiger partial charge in [0.2, 0.25) is 5.91 Å². The van der Waals surface area contributed by atoms with Crippen molar-refractivity contribution in [3.8, 4) is 0 Å². The van der Waals surface area contributed by atoms with E-state index in [9.17, 15) is 4.79 Å². The lowest BCUT2D eigenvalue weighted by molar-refractivity contribution is -0.122. The summed E-state index contributed by atoms with van der Waals surface area (Å²) in [4.78, 5) is 14.7. The Morgan fingerprint density at radius 1 is 1.20 bits per heavy atom. The number of carbonyl (C=O) groups excluding carboxylic acids is 1. The number of hydrogen-bond acceptors (Lipinski definition) is 3. The summed E-state index contributed by atoms with van der Waals surface area (Å²) in [7, 11) is 0. The molecule has 0 aliphatic carbocycles. The molecule has 1 amide bonds. The summed E-state index contributed by atoms with van der Waals surface area (Å²) in [5.74, 6) is 0.133. The lowest BCUT2D eigenvalue weighted by atomic mass is 10.0. The Labute approximate surface area is 150 Å². The van der Waals surface area contributed by atoms with Crippen molar-refractivity contribution in [1.82, 2.24) is 20.0 Å². The van der Waals surface area contributed by atoms with Crippen molar-refractivity contribution in [3.63, 3.8) is 0 Å². The van der Waals surface area contributed by atoms with Crippen LogP contribution in [0.2, 0.25) is 0 Å². The second-order valence-corrected chi connectivity index (χ2v) is 7.00. The number of benzene rings is 1. The highest BCUT2D eigenvalue weighted by molar-refractivity contribution is 5.76. The SMILES string of the molecule is Cc1cc(C)n(CCC(=O)NC2CCN(Cc3ccccc3)CC2)n1. The molecule has 3 rings (SSSR count). The molecule has 1 aromatic heterocycles. The van der Waals surface area contributed by atoms with Gasteiger partial charge in [-0.2, -0.15) is 5.10 Å². The predicted molar refractivity (Wildman–Crippen MR) is 99.2 cm³/mol. The van der Waals surface area contributed by atoms with E-state index in [2.05, 4.69) is 45.6 Å². The summed E-state index contributed by atoms with van der Waals surface area (Å²) in [6.07, 6.45) is 2.54. The van der Waals surface area contributed by atoms with Crippen LogP contribution >= 0.6 is 0 Å². The first-order valence-electron chi connectivity index (χ1n) is 9.17. The molecule has 2 aromatic rings. The Morgan fingerprint density at radius 3 is 2.56 bits per heavy atom. The minimum absolute atomic E-state index is 0.133. The number of nitrogens with one attached hydrogen (secondary N) is 1. The molecular weight excluding hydrogens is 312 g/mol. The van der Waals surface area contributed by atoms with Crippen LogP contribution < -0.4 is 5.32 Å². The third-order valence-corrected chi connectivity index (χ3v) is 4.86. The number of piperidine rings is 1. The van der Waals surface area contributed by atoms with E-state index < -0.39 is 0 Å². The molecule has 5 heteroatoms. The number of likely N-dealkylation sites (tertiary alicyclic amines) is 1. The van der Waals surface area contributed by atoms with Gasteiger partial charge in [-0.25, -0.2) is 0 Å². The second-order valence-electron chi connectivity index (χ2n) is 7.00. The van der Waals surface area contributed by atoms with Gasteiger partial charge in [0.15, 0.2) is 0 Å². The van der Waals surface area contributed by atoms with Crippen molar-refractivity contribution in [2.24, 2.45) is 0 Å². The van der Waals surface area contributed by atoms with Gasteiger partial charge in [0.05, 0.1) is 5.69 Å². The molecule has 0 unspecified atom stereocenters. The topological polar surface area (TPSA) is 50.2 Å². The van der Waals surface area contributed by atoms with Crippen LogP contribution in [0, 0.1) is 13.8 Å². The largest absolute Gasteiger partial charge is 0.353 e. The molecule has 2 heterocycles. The highest BCUT2D eigenvalue weighted by atomic mass is 16.1. The standard InChI is InChI=1S/C20H28N4O/c1-16-14-17(2)24(22-16)13-10-20(25)21-19-8-11-23(12-9-19)15-18-6-4-3-5-7-18/h3-7,14,19H,8-13,15H2,1-2H3,(H,21,25). The van der Waals surface area contributed by atoms with Gasteiger partial charge in [0.1, 0.15) is 0 Å². The number of hydrogen-bond donors (Lipinski definition) is 1. The normalized spacial score (nSPS) is 16.1. The van der Waals surface area contributed by atoms with Gasteiger partial charge in [0.25, 0.3) is 0 Å². The van der Waals surface area contributed by atoms with Crippen molar-refractivity contribution >= 4 is 5.91 Å². The molecule has 1 aliphatic heterocycles. The average Bonchev–Trinajstić information content (AvgIpc) is 2.93. The number of rotatable bonds is 6. The van der Waals surface area contributed by atoms with E-state index in [-0.39, 0.29) is 5.91 Å². The van der Waals surface area contributed by atoms with Crippen molar-refractivity contribution in [2.75, 3.05) is 13.1 Å². The minimum Gasteiger partial charge on any atom is -0.353 e. The zero-order valence-corrected chi connectivity index (χ0v) is 15.2. The highest BCUT2D eigenvalue weighted by Gasteiger charge is 2.20. The van der Waals surface area contributed by atoms with E-state index in [0.29, 0.717) is 19.0 Å². The minimum atomic E-state index is 0.133. The van der Waals surface area contributed by atoms with Crippen molar-refractivity contribution in [2.45, 2.75) is 52.2 Å². The molecule has 1 N–H and O–H groups in total. The Balaban J connectivity index is 1.38. The monoisotopic (exact) mass is 340 g/mol. The maximum absolute atomic E-state index is 12.2. The van der Waals surface area contributed by atoms with Gasteiger partial charge in [-0.3, -0.25) is 14.4 Å². The lowest BCUT2D eigenvalue weighted by Gasteiger charge is -2.32. The molecule has 1 aromatic carbocycles. The summed E-state index contributed by atoms with van der Waals surface area (Å²) < 4.78 is 1.91. The van der Waals surface area contributed by atoms with E-state index in [1.54, 1.807) is 0 Å². The molecule has 0 radical (unpaired) electrons. The number of amides is 1. The number of aryl methyl sites for hydroxylation is 3. The Hall–Kier alpha value is -2.14. The molecule has 5 nitrogen and oxygen atoms in total. The molecule has 134 valence electrons. The van der Waals surface area contributed by atoms with Crippen LogP contribution in [0.3, 0.4) is 0 Å². The fraction of sp³-hybridized carbons (Fsp3) is 0.500. The summed E-state index contributed by atoms with van der Waals surface area (Å²) in [6, 6.07) is 12.9. The number of aromatic nitrogens is 2. The van der Waals surface area contributed by atoms with Crippen LogP contribution in [0.5, 0.6) is 0 Å². The van der Waals surface area contributed by atoms with Crippen LogP contribution in [0.15, 0.2) is 36.4 Å². The second kappa shape index (κ2) is 8.30. The third kappa shape index (κ3) is 5.16. The molecule has 1 saturated heterocycles. The maximum atomic E-state index is 12.2. The van der Waals surface area contributed by atoms with Gasteiger partial charge in [-0.1, -0.05) is 30.3 Å². The van der Waals surface area contributed by atoms with E-state index in [0.717, 1.165) is 43.9 Å². The van der Waals surface area contributed by atoms with E-state index in [1.807, 2.05) is 24.6 Å². The fourth-order valence-electron chi connectivity index (χ4n) is 3.49. The van der Waals surface area contributed by atoms with Gasteiger partial charge < -0.3 is 5.32 Å². The van der Waals surface area contributed by atoms with Crippen LogP contribution in [0.4, 0.5) is 0 Å². The Morgan fingerprint density at radius 2 is 1.92 bits per heavy atom. The first-order valence-corrected chi connectivity index (χ1v) is 9.17. The molecule has 25 heavy (non-hydrogen) atoms. The summed E-state index contributed by atoms with van der Waals surface area (Å²) in [6.45, 7) is 7.74. The highest BCUT2D eigenvalue weighted by Crippen LogP contribution is 2.14. The van der Waals surface area contributed by atoms with Gasteiger partial charge >= 0.3 is 0 Å². The first kappa shape index (κ1) is 17.7. The number of nitrogens with zero attached hydrogens (tertiary/aromatic N) is 3. The van der Waals surface area contributed by atoms with E-state index in [1.165, 1.54) is 5.56 Å². The van der Waals surface area contributed by atoms with Gasteiger partial charge in [0, 0.05) is 44.3 Å². The van der Waals surface area contributed by atoms with Crippen molar-refractivity contribution in [3.05, 3.63) is 53.3 Å².